The Kier molecular flexibility index (Phi) is 7.69. The summed E-state index contributed by atoms with van der Waals surface area (Å²) in [4.78, 5) is 27.5. The fourth-order valence-corrected chi connectivity index (χ4v) is 4.03. The van der Waals surface area contributed by atoms with Crippen molar-refractivity contribution in [2.45, 2.75) is 26.8 Å². The summed E-state index contributed by atoms with van der Waals surface area (Å²) in [7, 11) is 1.81. The minimum atomic E-state index is -0.487. The smallest absolute Gasteiger partial charge is 0.338 e. The summed E-state index contributed by atoms with van der Waals surface area (Å²) in [5.41, 5.74) is 3.17. The number of benzene rings is 2. The molecular weight excluding hydrogens is 490 g/mol. The summed E-state index contributed by atoms with van der Waals surface area (Å²) in [5, 5.41) is 6.66. The van der Waals surface area contributed by atoms with Crippen LogP contribution in [0, 0.1) is 5.92 Å². The number of halogens is 1. The largest absolute Gasteiger partial charge is 0.462 e. The van der Waals surface area contributed by atoms with Crippen LogP contribution in [0.5, 0.6) is 0 Å². The molecular formula is C24H26BrN3O3S. The molecule has 2 aromatic rings. The molecule has 1 atom stereocenters. The molecule has 1 aliphatic heterocycles. The van der Waals surface area contributed by atoms with Crippen molar-refractivity contribution in [1.82, 2.24) is 10.2 Å². The molecule has 6 nitrogen and oxygen atoms in total. The number of thiocarbonyl (C=S) groups is 1. The van der Waals surface area contributed by atoms with Crippen molar-refractivity contribution >= 4 is 50.8 Å². The first kappa shape index (κ1) is 23.9. The molecule has 168 valence electrons. The first-order valence-corrected chi connectivity index (χ1v) is 11.5. The van der Waals surface area contributed by atoms with E-state index in [2.05, 4.69) is 26.6 Å². The molecule has 0 radical (unpaired) electrons. The monoisotopic (exact) mass is 515 g/mol. The summed E-state index contributed by atoms with van der Waals surface area (Å²) in [6, 6.07) is 14.1. The summed E-state index contributed by atoms with van der Waals surface area (Å²) in [6.45, 7) is 6.16. The highest BCUT2D eigenvalue weighted by Crippen LogP contribution is 2.32. The third-order valence-electron chi connectivity index (χ3n) is 5.12. The molecule has 1 aliphatic rings. The van der Waals surface area contributed by atoms with Gasteiger partial charge in [-0.1, -0.05) is 38.1 Å². The molecule has 0 aromatic heterocycles. The molecule has 1 heterocycles. The molecule has 2 aromatic carbocycles. The van der Waals surface area contributed by atoms with E-state index in [0.717, 1.165) is 11.3 Å². The maximum absolute atomic E-state index is 13.0. The molecule has 1 amide bonds. The number of nitrogens with zero attached hydrogens (tertiary/aromatic N) is 1. The van der Waals surface area contributed by atoms with Crippen molar-refractivity contribution in [1.29, 1.82) is 0 Å². The highest BCUT2D eigenvalue weighted by molar-refractivity contribution is 9.10. The van der Waals surface area contributed by atoms with Gasteiger partial charge in [-0.25, -0.2) is 4.79 Å². The van der Waals surface area contributed by atoms with Crippen LogP contribution >= 0.6 is 28.1 Å². The Morgan fingerprint density at radius 2 is 1.94 bits per heavy atom. The van der Waals surface area contributed by atoms with Crippen LogP contribution in [0.3, 0.4) is 0 Å². The lowest BCUT2D eigenvalue weighted by Gasteiger charge is -2.35. The van der Waals surface area contributed by atoms with Crippen LogP contribution in [-0.4, -0.2) is 35.5 Å². The van der Waals surface area contributed by atoms with Gasteiger partial charge in [0.15, 0.2) is 5.11 Å². The second-order valence-electron chi connectivity index (χ2n) is 7.99. The van der Waals surface area contributed by atoms with Crippen molar-refractivity contribution in [3.8, 4) is 0 Å². The summed E-state index contributed by atoms with van der Waals surface area (Å²) in [5.74, 6) is -0.389. The van der Waals surface area contributed by atoms with Crippen LogP contribution in [0.2, 0.25) is 0 Å². The maximum atomic E-state index is 13.0. The van der Waals surface area contributed by atoms with E-state index < -0.39 is 6.04 Å². The quantitative estimate of drug-likeness (QED) is 0.415. The van der Waals surface area contributed by atoms with Crippen molar-refractivity contribution in [2.24, 2.45) is 5.92 Å². The van der Waals surface area contributed by atoms with Gasteiger partial charge in [-0.05, 0) is 70.8 Å². The number of ether oxygens (including phenoxy) is 1. The van der Waals surface area contributed by atoms with Gasteiger partial charge in [0.25, 0.3) is 5.91 Å². The Balaban J connectivity index is 1.91. The molecule has 0 aliphatic carbocycles. The molecule has 1 unspecified atom stereocenters. The van der Waals surface area contributed by atoms with Crippen LogP contribution in [0.4, 0.5) is 5.69 Å². The highest BCUT2D eigenvalue weighted by atomic mass is 79.9. The molecule has 2 N–H and O–H groups in total. The Morgan fingerprint density at radius 3 is 2.62 bits per heavy atom. The Bertz CT molecular complexity index is 1080. The van der Waals surface area contributed by atoms with Gasteiger partial charge in [-0.15, -0.1) is 0 Å². The molecule has 0 saturated carbocycles. The van der Waals surface area contributed by atoms with Gasteiger partial charge in [0.05, 0.1) is 23.8 Å². The van der Waals surface area contributed by atoms with Gasteiger partial charge < -0.3 is 20.3 Å². The number of amides is 1. The predicted molar refractivity (Wildman–Crippen MR) is 133 cm³/mol. The zero-order valence-corrected chi connectivity index (χ0v) is 20.8. The lowest BCUT2D eigenvalue weighted by molar-refractivity contribution is -0.140. The first-order chi connectivity index (χ1) is 15.2. The Morgan fingerprint density at radius 1 is 1.22 bits per heavy atom. The number of nitrogens with one attached hydrogen (secondary N) is 2. The minimum Gasteiger partial charge on any atom is -0.462 e. The lowest BCUT2D eigenvalue weighted by Crippen LogP contribution is -2.46. The second kappa shape index (κ2) is 10.3. The molecule has 0 fully saturated rings. The standard InChI is InChI=1S/C24H26BrN3O3S/c1-14(2)13-31-23(30)20-15(3)28(4)24(32)27-21(20)16-8-7-9-17(12-16)26-22(29)18-10-5-6-11-19(18)25/h5-12,14,21H,13H2,1-4H3,(H,26,29)(H,27,32). The van der Waals surface area contributed by atoms with E-state index in [1.807, 2.05) is 64.2 Å². The van der Waals surface area contributed by atoms with E-state index >= 15 is 0 Å². The van der Waals surface area contributed by atoms with Gasteiger partial charge in [0.2, 0.25) is 0 Å². The number of allylic oxidation sites excluding steroid dienone is 1. The van der Waals surface area contributed by atoms with Crippen LogP contribution in [0.1, 0.15) is 42.7 Å². The van der Waals surface area contributed by atoms with Crippen LogP contribution in [-0.2, 0) is 9.53 Å². The summed E-state index contributed by atoms with van der Waals surface area (Å²) >= 11 is 8.87. The van der Waals surface area contributed by atoms with E-state index in [4.69, 9.17) is 17.0 Å². The molecule has 0 saturated heterocycles. The van der Waals surface area contributed by atoms with E-state index in [1.54, 1.807) is 17.0 Å². The fourth-order valence-electron chi connectivity index (χ4n) is 3.31. The highest BCUT2D eigenvalue weighted by Gasteiger charge is 2.33. The number of rotatable bonds is 6. The Labute approximate surface area is 202 Å². The average Bonchev–Trinajstić information content (AvgIpc) is 2.76. The van der Waals surface area contributed by atoms with Crippen LogP contribution < -0.4 is 10.6 Å². The molecule has 32 heavy (non-hydrogen) atoms. The number of hydrogen-bond acceptors (Lipinski definition) is 4. The topological polar surface area (TPSA) is 70.7 Å². The molecule has 3 rings (SSSR count). The SMILES string of the molecule is CC1=C(C(=O)OCC(C)C)C(c2cccc(NC(=O)c3ccccc3Br)c2)NC(=S)N1C. The maximum Gasteiger partial charge on any atom is 0.338 e. The van der Waals surface area contributed by atoms with Gasteiger partial charge in [-0.3, -0.25) is 4.79 Å². The van der Waals surface area contributed by atoms with E-state index in [-0.39, 0.29) is 17.8 Å². The number of carbonyl (C=O) groups is 2. The summed E-state index contributed by atoms with van der Waals surface area (Å²) < 4.78 is 6.25. The van der Waals surface area contributed by atoms with Crippen molar-refractivity contribution in [3.05, 3.63) is 75.4 Å². The normalized spacial score (nSPS) is 16.1. The average molecular weight is 516 g/mol. The van der Waals surface area contributed by atoms with Gasteiger partial charge in [-0.2, -0.15) is 0 Å². The summed E-state index contributed by atoms with van der Waals surface area (Å²) in [6.07, 6.45) is 0. The fraction of sp³-hybridized carbons (Fsp3) is 0.292. The third-order valence-corrected chi connectivity index (χ3v) is 6.20. The van der Waals surface area contributed by atoms with Crippen LogP contribution in [0.25, 0.3) is 0 Å². The minimum absolute atomic E-state index is 0.226. The number of carbonyl (C=O) groups excluding carboxylic acids is 2. The van der Waals surface area contributed by atoms with E-state index in [9.17, 15) is 9.59 Å². The van der Waals surface area contributed by atoms with Crippen molar-refractivity contribution in [3.63, 3.8) is 0 Å². The molecule has 0 spiro atoms. The van der Waals surface area contributed by atoms with Gasteiger partial charge >= 0.3 is 5.97 Å². The predicted octanol–water partition coefficient (Wildman–Crippen LogP) is 5.04. The third kappa shape index (κ3) is 5.37. The van der Waals surface area contributed by atoms with Crippen LogP contribution in [0.15, 0.2) is 64.3 Å². The zero-order chi connectivity index (χ0) is 23.4. The van der Waals surface area contributed by atoms with Crippen molar-refractivity contribution < 1.29 is 14.3 Å². The molecule has 8 heteroatoms. The van der Waals surface area contributed by atoms with E-state index in [0.29, 0.717) is 33.0 Å². The van der Waals surface area contributed by atoms with E-state index in [1.165, 1.54) is 0 Å². The van der Waals surface area contributed by atoms with Gasteiger partial charge in [0, 0.05) is 22.9 Å². The lowest BCUT2D eigenvalue weighted by atomic mass is 9.94. The first-order valence-electron chi connectivity index (χ1n) is 10.3. The van der Waals surface area contributed by atoms with Gasteiger partial charge in [0.1, 0.15) is 0 Å². The second-order valence-corrected chi connectivity index (χ2v) is 9.23. The zero-order valence-electron chi connectivity index (χ0n) is 18.4. The number of hydrogen-bond donors (Lipinski definition) is 2. The number of anilines is 1. The van der Waals surface area contributed by atoms with Crippen molar-refractivity contribution in [2.75, 3.05) is 19.0 Å². The molecule has 0 bridgehead atoms. The number of esters is 1. The Hall–Kier alpha value is -2.71.